The van der Waals surface area contributed by atoms with E-state index in [1.165, 1.54) is 0 Å². The van der Waals surface area contributed by atoms with Crippen LogP contribution in [-0.4, -0.2) is 33.8 Å². The summed E-state index contributed by atoms with van der Waals surface area (Å²) in [7, 11) is 0. The predicted octanol–water partition coefficient (Wildman–Crippen LogP) is 0.958. The number of aromatic nitrogens is 3. The van der Waals surface area contributed by atoms with Crippen LogP contribution < -0.4 is 4.90 Å². The summed E-state index contributed by atoms with van der Waals surface area (Å²) < 4.78 is 0. The molecule has 0 saturated carbocycles. The Hall–Kier alpha value is -0.940. The minimum atomic E-state index is 0.0411. The van der Waals surface area contributed by atoms with Crippen LogP contribution >= 0.6 is 23.2 Å². The van der Waals surface area contributed by atoms with Crippen LogP contribution in [0.25, 0.3) is 0 Å². The Labute approximate surface area is 90.1 Å². The van der Waals surface area contributed by atoms with Gasteiger partial charge in [0.2, 0.25) is 16.5 Å². The van der Waals surface area contributed by atoms with Crippen LogP contribution in [0.4, 0.5) is 5.95 Å². The molecule has 7 heteroatoms. The van der Waals surface area contributed by atoms with Gasteiger partial charge in [-0.25, -0.2) is 0 Å². The lowest BCUT2D eigenvalue weighted by atomic mass is 10.4. The van der Waals surface area contributed by atoms with Crippen molar-refractivity contribution in [3.63, 3.8) is 0 Å². The van der Waals surface area contributed by atoms with Crippen molar-refractivity contribution in [1.29, 1.82) is 0 Å². The molecule has 2 rings (SSSR count). The molecule has 1 aromatic heterocycles. The van der Waals surface area contributed by atoms with Crippen LogP contribution in [-0.2, 0) is 4.79 Å². The topological polar surface area (TPSA) is 59.0 Å². The summed E-state index contributed by atoms with van der Waals surface area (Å²) in [5.74, 6) is 0.526. The highest BCUT2D eigenvalue weighted by Gasteiger charge is 2.22. The molecule has 1 aromatic rings. The Kier molecular flexibility index (Phi) is 2.52. The van der Waals surface area contributed by atoms with Crippen LogP contribution in [0.5, 0.6) is 0 Å². The summed E-state index contributed by atoms with van der Waals surface area (Å²) in [5, 5.41) is 0.0821. The molecule has 0 spiro atoms. The molecular weight excluding hydrogens is 227 g/mol. The number of carbonyl (C=O) groups excluding carboxylic acids is 1. The molecule has 0 atom stereocenters. The number of hydrogen-bond donors (Lipinski definition) is 0. The first-order valence-electron chi connectivity index (χ1n) is 3.99. The molecule has 5 nitrogen and oxygen atoms in total. The molecule has 0 bridgehead atoms. The summed E-state index contributed by atoms with van der Waals surface area (Å²) in [6.45, 7) is 0.923. The molecule has 1 saturated heterocycles. The van der Waals surface area contributed by atoms with Crippen LogP contribution in [0.2, 0.25) is 10.6 Å². The minimum absolute atomic E-state index is 0.0411. The second kappa shape index (κ2) is 3.67. The highest BCUT2D eigenvalue weighted by Crippen LogP contribution is 2.16. The Morgan fingerprint density at radius 1 is 1.14 bits per heavy atom. The number of hydrogen-bond acceptors (Lipinski definition) is 5. The maximum absolute atomic E-state index is 11.0. The van der Waals surface area contributed by atoms with Crippen molar-refractivity contribution in [2.24, 2.45) is 0 Å². The summed E-state index contributed by atoms with van der Waals surface area (Å²) >= 11 is 11.2. The molecule has 1 aliphatic heterocycles. The van der Waals surface area contributed by atoms with Crippen molar-refractivity contribution < 1.29 is 4.79 Å². The first-order valence-corrected chi connectivity index (χ1v) is 4.74. The number of halogens is 2. The van der Waals surface area contributed by atoms with E-state index in [-0.39, 0.29) is 16.4 Å². The Balaban J connectivity index is 2.27. The normalized spacial score (nSPS) is 16.4. The quantitative estimate of drug-likeness (QED) is 0.722. The average Bonchev–Trinajstić information content (AvgIpc) is 2.50. The molecule has 0 aliphatic carbocycles. The van der Waals surface area contributed by atoms with Gasteiger partial charge in [-0.1, -0.05) is 0 Å². The van der Waals surface area contributed by atoms with Crippen LogP contribution in [0.3, 0.4) is 0 Å². The van der Waals surface area contributed by atoms with Gasteiger partial charge in [-0.2, -0.15) is 15.0 Å². The number of Topliss-reactive ketones (excluding diaryl/α,β-unsaturated/α-hetero) is 1. The summed E-state index contributed by atoms with van der Waals surface area (Å²) in [4.78, 5) is 24.1. The zero-order valence-electron chi connectivity index (χ0n) is 7.07. The van der Waals surface area contributed by atoms with Gasteiger partial charge >= 0.3 is 0 Å². The summed E-state index contributed by atoms with van der Waals surface area (Å²) in [6.07, 6.45) is 0.515. The second-order valence-electron chi connectivity index (χ2n) is 2.88. The average molecular weight is 233 g/mol. The summed E-state index contributed by atoms with van der Waals surface area (Å²) in [5.41, 5.74) is 0. The van der Waals surface area contributed by atoms with Gasteiger partial charge in [-0.3, -0.25) is 4.79 Å². The maximum atomic E-state index is 11.0. The molecule has 1 fully saturated rings. The van der Waals surface area contributed by atoms with Crippen molar-refractivity contribution in [2.75, 3.05) is 18.0 Å². The Morgan fingerprint density at radius 2 is 1.79 bits per heavy atom. The minimum Gasteiger partial charge on any atom is -0.333 e. The van der Waals surface area contributed by atoms with Gasteiger partial charge < -0.3 is 4.90 Å². The maximum Gasteiger partial charge on any atom is 0.231 e. The van der Waals surface area contributed by atoms with Crippen LogP contribution in [0.15, 0.2) is 0 Å². The van der Waals surface area contributed by atoms with E-state index < -0.39 is 0 Å². The van der Waals surface area contributed by atoms with E-state index in [9.17, 15) is 4.79 Å². The standard InChI is InChI=1S/C7H6Cl2N4O/c8-5-10-6(9)12-7(11-5)13-2-1-4(14)3-13/h1-3H2. The molecule has 0 aromatic carbocycles. The van der Waals surface area contributed by atoms with E-state index >= 15 is 0 Å². The van der Waals surface area contributed by atoms with Gasteiger partial charge in [0.05, 0.1) is 6.54 Å². The van der Waals surface area contributed by atoms with Crippen molar-refractivity contribution in [3.8, 4) is 0 Å². The molecule has 2 heterocycles. The molecule has 0 amide bonds. The SMILES string of the molecule is O=C1CCN(c2nc(Cl)nc(Cl)n2)C1. The fourth-order valence-electron chi connectivity index (χ4n) is 1.26. The highest BCUT2D eigenvalue weighted by atomic mass is 35.5. The molecule has 14 heavy (non-hydrogen) atoms. The van der Waals surface area contributed by atoms with Gasteiger partial charge in [0, 0.05) is 13.0 Å². The van der Waals surface area contributed by atoms with E-state index in [0.717, 1.165) is 0 Å². The first-order chi connectivity index (χ1) is 6.65. The lowest BCUT2D eigenvalue weighted by Gasteiger charge is -2.13. The smallest absolute Gasteiger partial charge is 0.231 e. The third kappa shape index (κ3) is 1.93. The number of nitrogens with zero attached hydrogens (tertiary/aromatic N) is 4. The zero-order chi connectivity index (χ0) is 10.1. The molecule has 0 unspecified atom stereocenters. The van der Waals surface area contributed by atoms with Crippen molar-refractivity contribution >= 4 is 34.9 Å². The summed E-state index contributed by atoms with van der Waals surface area (Å²) in [6, 6.07) is 0. The number of ketones is 1. The number of carbonyl (C=O) groups is 1. The third-order valence-corrected chi connectivity index (χ3v) is 2.22. The molecule has 0 radical (unpaired) electrons. The fourth-order valence-corrected chi connectivity index (χ4v) is 1.61. The zero-order valence-corrected chi connectivity index (χ0v) is 8.59. The Bertz CT molecular complexity index is 364. The molecular formula is C7H6Cl2N4O. The number of rotatable bonds is 1. The van der Waals surface area contributed by atoms with Gasteiger partial charge in [0.1, 0.15) is 0 Å². The molecule has 1 aliphatic rings. The van der Waals surface area contributed by atoms with E-state index in [0.29, 0.717) is 25.5 Å². The Morgan fingerprint density at radius 3 is 2.29 bits per heavy atom. The number of anilines is 1. The lowest BCUT2D eigenvalue weighted by molar-refractivity contribution is -0.116. The van der Waals surface area contributed by atoms with E-state index in [1.807, 2.05) is 0 Å². The third-order valence-electron chi connectivity index (χ3n) is 1.88. The van der Waals surface area contributed by atoms with Gasteiger partial charge in [-0.05, 0) is 23.2 Å². The fraction of sp³-hybridized carbons (Fsp3) is 0.429. The van der Waals surface area contributed by atoms with Crippen molar-refractivity contribution in [3.05, 3.63) is 10.6 Å². The first kappa shape index (κ1) is 9.61. The van der Waals surface area contributed by atoms with Crippen molar-refractivity contribution in [2.45, 2.75) is 6.42 Å². The van der Waals surface area contributed by atoms with Crippen LogP contribution in [0.1, 0.15) is 6.42 Å². The van der Waals surface area contributed by atoms with Crippen molar-refractivity contribution in [1.82, 2.24) is 15.0 Å². The van der Waals surface area contributed by atoms with E-state index in [4.69, 9.17) is 23.2 Å². The predicted molar refractivity (Wildman–Crippen MR) is 51.7 cm³/mol. The lowest BCUT2D eigenvalue weighted by Crippen LogP contribution is -2.22. The van der Waals surface area contributed by atoms with Crippen LogP contribution in [0, 0.1) is 0 Å². The molecule has 0 N–H and O–H groups in total. The van der Waals surface area contributed by atoms with E-state index in [2.05, 4.69) is 15.0 Å². The van der Waals surface area contributed by atoms with E-state index in [1.54, 1.807) is 4.90 Å². The van der Waals surface area contributed by atoms with Gasteiger partial charge in [0.25, 0.3) is 0 Å². The monoisotopic (exact) mass is 232 g/mol. The van der Waals surface area contributed by atoms with Gasteiger partial charge in [-0.15, -0.1) is 0 Å². The second-order valence-corrected chi connectivity index (χ2v) is 3.56. The molecule has 74 valence electrons. The van der Waals surface area contributed by atoms with Gasteiger partial charge in [0.15, 0.2) is 5.78 Å². The highest BCUT2D eigenvalue weighted by molar-refractivity contribution is 6.31. The largest absolute Gasteiger partial charge is 0.333 e.